The lowest BCUT2D eigenvalue weighted by Crippen LogP contribution is -2.37. The number of H-pyrrole nitrogens is 1. The van der Waals surface area contributed by atoms with Gasteiger partial charge in [-0.1, -0.05) is 24.8 Å². The summed E-state index contributed by atoms with van der Waals surface area (Å²) in [7, 11) is -3.50. The molecule has 186 valence electrons. The molecule has 4 aromatic rings. The lowest BCUT2D eigenvalue weighted by atomic mass is 9.92. The molecule has 1 aliphatic carbocycles. The molecule has 0 aliphatic heterocycles. The van der Waals surface area contributed by atoms with Gasteiger partial charge in [0.25, 0.3) is 5.56 Å². The van der Waals surface area contributed by atoms with Crippen molar-refractivity contribution in [2.45, 2.75) is 37.8 Å². The van der Waals surface area contributed by atoms with Gasteiger partial charge in [-0.25, -0.2) is 18.2 Å². The summed E-state index contributed by atoms with van der Waals surface area (Å²) in [6.45, 7) is 3.34. The maximum Gasteiger partial charge on any atom is 0.290 e. The molecular formula is C25H26N6O4S. The van der Waals surface area contributed by atoms with Crippen LogP contribution in [-0.4, -0.2) is 34.4 Å². The first-order valence-electron chi connectivity index (χ1n) is 11.6. The van der Waals surface area contributed by atoms with E-state index in [1.165, 1.54) is 0 Å². The number of anilines is 1. The van der Waals surface area contributed by atoms with Gasteiger partial charge in [0.15, 0.2) is 5.82 Å². The average Bonchev–Trinajstić information content (AvgIpc) is 3.30. The minimum Gasteiger partial charge on any atom is -0.457 e. The first-order valence-corrected chi connectivity index (χ1v) is 13.1. The number of rotatable bonds is 7. The van der Waals surface area contributed by atoms with Crippen molar-refractivity contribution < 1.29 is 13.2 Å². The van der Waals surface area contributed by atoms with Crippen molar-refractivity contribution in [3.63, 3.8) is 0 Å². The third kappa shape index (κ3) is 4.75. The number of hydrogen-bond donors (Lipinski definition) is 3. The molecule has 0 saturated heterocycles. The van der Waals surface area contributed by atoms with Gasteiger partial charge >= 0.3 is 0 Å². The van der Waals surface area contributed by atoms with E-state index in [1.54, 1.807) is 4.68 Å². The van der Waals surface area contributed by atoms with Gasteiger partial charge in [0.2, 0.25) is 10.0 Å². The number of nitrogens with one attached hydrogen (secondary N) is 2. The van der Waals surface area contributed by atoms with Crippen LogP contribution in [0.3, 0.4) is 0 Å². The van der Waals surface area contributed by atoms with E-state index in [1.807, 2.05) is 54.6 Å². The number of benzene rings is 2. The Bertz CT molecular complexity index is 1550. The molecule has 5 rings (SSSR count). The smallest absolute Gasteiger partial charge is 0.290 e. The highest BCUT2D eigenvalue weighted by molar-refractivity contribution is 7.92. The molecule has 2 aromatic carbocycles. The maximum absolute atomic E-state index is 12.8. The molecule has 2 heterocycles. The standard InChI is InChI=1S/C25H26N6O4S/c1-2-36(33,34)30-17-10-12-18(13-11-17)31-23-21(24(26)27-28-25(23)32)22(29-31)16-8-14-20(15-9-16)35-19-6-4-3-5-7-19/h2-9,14-15,17-18,30H,1,10-13H2,(H2,26,27)(H,28,32)/t17-,18+. The molecule has 0 amide bonds. The summed E-state index contributed by atoms with van der Waals surface area (Å²) >= 11 is 0. The number of ether oxygens (including phenoxy) is 1. The Kier molecular flexibility index (Phi) is 6.33. The second-order valence-corrected chi connectivity index (χ2v) is 10.4. The van der Waals surface area contributed by atoms with Gasteiger partial charge < -0.3 is 10.5 Å². The molecule has 1 saturated carbocycles. The minimum atomic E-state index is -3.50. The molecular weight excluding hydrogens is 480 g/mol. The molecule has 2 aromatic heterocycles. The van der Waals surface area contributed by atoms with E-state index in [0.717, 1.165) is 16.7 Å². The molecule has 0 bridgehead atoms. The predicted molar refractivity (Wildman–Crippen MR) is 138 cm³/mol. The summed E-state index contributed by atoms with van der Waals surface area (Å²) in [5.74, 6) is 1.58. The first-order chi connectivity index (χ1) is 17.3. The summed E-state index contributed by atoms with van der Waals surface area (Å²) < 4.78 is 33.9. The lowest BCUT2D eigenvalue weighted by Gasteiger charge is -2.29. The van der Waals surface area contributed by atoms with Crippen LogP contribution in [0.15, 0.2) is 71.4 Å². The second-order valence-electron chi connectivity index (χ2n) is 8.73. The largest absolute Gasteiger partial charge is 0.457 e. The first kappa shape index (κ1) is 23.8. The van der Waals surface area contributed by atoms with Crippen LogP contribution in [0.2, 0.25) is 0 Å². The molecule has 10 nitrogen and oxygen atoms in total. The van der Waals surface area contributed by atoms with E-state index < -0.39 is 10.0 Å². The van der Waals surface area contributed by atoms with E-state index in [2.05, 4.69) is 21.5 Å². The van der Waals surface area contributed by atoms with Gasteiger partial charge in [-0.05, 0) is 62.1 Å². The SMILES string of the molecule is C=CS(=O)(=O)N[C@H]1CC[C@@H](n2nc(-c3ccc(Oc4ccccc4)cc3)c3c(N)n[nH]c(=O)c32)CC1. The Morgan fingerprint density at radius 3 is 2.39 bits per heavy atom. The van der Waals surface area contributed by atoms with E-state index in [0.29, 0.717) is 48.0 Å². The Balaban J connectivity index is 1.46. The molecule has 1 fully saturated rings. The number of aromatic amines is 1. The van der Waals surface area contributed by atoms with Crippen LogP contribution in [0.25, 0.3) is 22.2 Å². The van der Waals surface area contributed by atoms with Gasteiger partial charge in [-0.2, -0.15) is 10.2 Å². The van der Waals surface area contributed by atoms with Crippen LogP contribution in [0, 0.1) is 0 Å². The summed E-state index contributed by atoms with van der Waals surface area (Å²) in [5, 5.41) is 12.6. The third-order valence-corrected chi connectivity index (χ3v) is 7.46. The molecule has 4 N–H and O–H groups in total. The number of aromatic nitrogens is 4. The van der Waals surface area contributed by atoms with Crippen molar-refractivity contribution in [2.75, 3.05) is 5.73 Å². The van der Waals surface area contributed by atoms with Crippen molar-refractivity contribution in [3.05, 3.63) is 76.9 Å². The molecule has 0 unspecified atom stereocenters. The summed E-state index contributed by atoms with van der Waals surface area (Å²) in [6.07, 6.45) is 2.51. The zero-order valence-electron chi connectivity index (χ0n) is 19.4. The fourth-order valence-electron chi connectivity index (χ4n) is 4.60. The van der Waals surface area contributed by atoms with Crippen molar-refractivity contribution >= 4 is 26.7 Å². The maximum atomic E-state index is 12.8. The van der Waals surface area contributed by atoms with Crippen molar-refractivity contribution in [1.29, 1.82) is 0 Å². The number of sulfonamides is 1. The Morgan fingerprint density at radius 1 is 1.06 bits per heavy atom. The topological polar surface area (TPSA) is 145 Å². The number of nitrogens with two attached hydrogens (primary N) is 1. The summed E-state index contributed by atoms with van der Waals surface area (Å²) in [4.78, 5) is 12.8. The Hall–Kier alpha value is -3.96. The van der Waals surface area contributed by atoms with E-state index in [4.69, 9.17) is 15.6 Å². The highest BCUT2D eigenvalue weighted by Gasteiger charge is 2.29. The molecule has 11 heteroatoms. The van der Waals surface area contributed by atoms with Crippen molar-refractivity contribution in [3.8, 4) is 22.8 Å². The van der Waals surface area contributed by atoms with Crippen LogP contribution in [0.1, 0.15) is 31.7 Å². The van der Waals surface area contributed by atoms with Gasteiger partial charge in [-0.15, -0.1) is 0 Å². The van der Waals surface area contributed by atoms with Crippen LogP contribution < -0.4 is 20.8 Å². The van der Waals surface area contributed by atoms with E-state index in [-0.39, 0.29) is 23.5 Å². The third-order valence-electron chi connectivity index (χ3n) is 6.36. The minimum absolute atomic E-state index is 0.0886. The molecule has 0 atom stereocenters. The fourth-order valence-corrected chi connectivity index (χ4v) is 5.40. The quantitative estimate of drug-likeness (QED) is 0.346. The number of nitrogen functional groups attached to an aromatic ring is 1. The number of hydrogen-bond acceptors (Lipinski definition) is 7. The van der Waals surface area contributed by atoms with Crippen LogP contribution in [0.4, 0.5) is 5.82 Å². The van der Waals surface area contributed by atoms with E-state index >= 15 is 0 Å². The highest BCUT2D eigenvalue weighted by atomic mass is 32.2. The monoisotopic (exact) mass is 506 g/mol. The Labute approximate surface area is 207 Å². The van der Waals surface area contributed by atoms with Crippen LogP contribution >= 0.6 is 0 Å². The Morgan fingerprint density at radius 2 is 1.72 bits per heavy atom. The van der Waals surface area contributed by atoms with Gasteiger partial charge in [0, 0.05) is 17.0 Å². The van der Waals surface area contributed by atoms with Crippen molar-refractivity contribution in [1.82, 2.24) is 24.7 Å². The summed E-state index contributed by atoms with van der Waals surface area (Å²) in [6, 6.07) is 16.6. The molecule has 36 heavy (non-hydrogen) atoms. The van der Waals surface area contributed by atoms with Crippen LogP contribution in [-0.2, 0) is 10.0 Å². The average molecular weight is 507 g/mol. The molecule has 1 aliphatic rings. The summed E-state index contributed by atoms with van der Waals surface area (Å²) in [5.41, 5.74) is 7.51. The van der Waals surface area contributed by atoms with Gasteiger partial charge in [-0.3, -0.25) is 9.48 Å². The number of fused-ring (bicyclic) bond motifs is 1. The van der Waals surface area contributed by atoms with Gasteiger partial charge in [0.05, 0.1) is 11.4 Å². The molecule has 0 radical (unpaired) electrons. The molecule has 0 spiro atoms. The van der Waals surface area contributed by atoms with E-state index in [9.17, 15) is 13.2 Å². The lowest BCUT2D eigenvalue weighted by molar-refractivity contribution is 0.300. The van der Waals surface area contributed by atoms with Crippen molar-refractivity contribution in [2.24, 2.45) is 0 Å². The fraction of sp³-hybridized carbons (Fsp3) is 0.240. The zero-order chi connectivity index (χ0) is 25.3. The number of para-hydroxylation sites is 1. The zero-order valence-corrected chi connectivity index (χ0v) is 20.2. The predicted octanol–water partition coefficient (Wildman–Crippen LogP) is 3.71. The van der Waals surface area contributed by atoms with Crippen LogP contribution in [0.5, 0.6) is 11.5 Å². The normalized spacial score (nSPS) is 18.2. The number of nitrogens with zero attached hydrogens (tertiary/aromatic N) is 3. The van der Waals surface area contributed by atoms with Gasteiger partial charge in [0.1, 0.15) is 22.7 Å². The second kappa shape index (κ2) is 9.59. The highest BCUT2D eigenvalue weighted by Crippen LogP contribution is 2.36.